The van der Waals surface area contributed by atoms with E-state index in [1.807, 2.05) is 11.8 Å². The summed E-state index contributed by atoms with van der Waals surface area (Å²) in [5.41, 5.74) is 5.59. The first-order valence-corrected chi connectivity index (χ1v) is 9.03. The number of thioether (sulfide) groups is 1. The maximum absolute atomic E-state index is 2.59. The normalized spacial score (nSPS) is 23.0. The van der Waals surface area contributed by atoms with Gasteiger partial charge in [-0.05, 0) is 31.0 Å². The van der Waals surface area contributed by atoms with Gasteiger partial charge in [-0.3, -0.25) is 0 Å². The van der Waals surface area contributed by atoms with E-state index in [0.717, 1.165) is 6.54 Å². The third-order valence-electron chi connectivity index (χ3n) is 4.78. The van der Waals surface area contributed by atoms with Gasteiger partial charge >= 0.3 is 0 Å². The number of fused-ring (bicyclic) bond motifs is 3. The smallest absolute Gasteiger partial charge is 0.0624 e. The molecule has 112 valence electrons. The molecular weight excluding hydrogens is 286 g/mol. The molecule has 0 aromatic heterocycles. The second-order valence-corrected chi connectivity index (χ2v) is 7.22. The number of hydrogen-bond donors (Lipinski definition) is 0. The van der Waals surface area contributed by atoms with Gasteiger partial charge in [-0.2, -0.15) is 0 Å². The van der Waals surface area contributed by atoms with E-state index in [4.69, 9.17) is 0 Å². The Morgan fingerprint density at radius 3 is 2.64 bits per heavy atom. The molecule has 0 fully saturated rings. The van der Waals surface area contributed by atoms with Gasteiger partial charge in [0.25, 0.3) is 0 Å². The Morgan fingerprint density at radius 2 is 1.86 bits per heavy atom. The molecule has 2 aromatic carbocycles. The van der Waals surface area contributed by atoms with Gasteiger partial charge in [0.2, 0.25) is 0 Å². The highest BCUT2D eigenvalue weighted by Crippen LogP contribution is 2.50. The van der Waals surface area contributed by atoms with Crippen molar-refractivity contribution in [3.63, 3.8) is 0 Å². The molecule has 0 amide bonds. The molecule has 2 aromatic rings. The van der Waals surface area contributed by atoms with Crippen LogP contribution in [0.15, 0.2) is 59.5 Å². The van der Waals surface area contributed by atoms with E-state index in [-0.39, 0.29) is 0 Å². The Bertz CT molecular complexity index is 717. The highest BCUT2D eigenvalue weighted by Gasteiger charge is 2.38. The van der Waals surface area contributed by atoms with Crippen LogP contribution in [0.4, 0.5) is 0 Å². The van der Waals surface area contributed by atoms with Crippen LogP contribution in [0.2, 0.25) is 0 Å². The Morgan fingerprint density at radius 1 is 1.09 bits per heavy atom. The maximum atomic E-state index is 2.59. The Labute approximate surface area is 137 Å². The summed E-state index contributed by atoms with van der Waals surface area (Å²) >= 11 is 2.01. The fourth-order valence-electron chi connectivity index (χ4n) is 3.70. The first-order chi connectivity index (χ1) is 10.8. The van der Waals surface area contributed by atoms with Crippen molar-refractivity contribution in [3.8, 4) is 0 Å². The minimum Gasteiger partial charge on any atom is -0.364 e. The molecule has 0 spiro atoms. The molecule has 0 radical (unpaired) electrons. The van der Waals surface area contributed by atoms with Crippen LogP contribution >= 0.6 is 11.8 Å². The first kappa shape index (κ1) is 14.0. The molecule has 4 rings (SSSR count). The summed E-state index contributed by atoms with van der Waals surface area (Å²) in [4.78, 5) is 4.05. The minimum absolute atomic E-state index is 0.513. The van der Waals surface area contributed by atoms with Crippen molar-refractivity contribution in [2.24, 2.45) is 5.92 Å². The minimum atomic E-state index is 0.513. The molecule has 0 saturated carbocycles. The van der Waals surface area contributed by atoms with E-state index in [2.05, 4.69) is 73.4 Å². The van der Waals surface area contributed by atoms with Crippen molar-refractivity contribution in [1.29, 1.82) is 0 Å². The summed E-state index contributed by atoms with van der Waals surface area (Å²) in [6.45, 7) is 5.48. The highest BCUT2D eigenvalue weighted by molar-refractivity contribution is 7.99. The van der Waals surface area contributed by atoms with Crippen LogP contribution in [0.1, 0.15) is 29.7 Å². The molecule has 22 heavy (non-hydrogen) atoms. The van der Waals surface area contributed by atoms with E-state index in [0.29, 0.717) is 12.0 Å². The average molecular weight is 307 g/mol. The van der Waals surface area contributed by atoms with Gasteiger partial charge in [0, 0.05) is 28.8 Å². The Kier molecular flexibility index (Phi) is 3.50. The summed E-state index contributed by atoms with van der Waals surface area (Å²) in [7, 11) is 0. The van der Waals surface area contributed by atoms with Crippen LogP contribution in [0.25, 0.3) is 5.70 Å². The summed E-state index contributed by atoms with van der Waals surface area (Å²) in [5, 5.41) is 0. The molecule has 2 heteroatoms. The zero-order valence-corrected chi connectivity index (χ0v) is 13.9. The van der Waals surface area contributed by atoms with Gasteiger partial charge in [0.15, 0.2) is 0 Å². The van der Waals surface area contributed by atoms with Crippen molar-refractivity contribution in [2.45, 2.75) is 24.8 Å². The fraction of sp³-hybridized carbons (Fsp3) is 0.300. The van der Waals surface area contributed by atoms with Gasteiger partial charge in [0.05, 0.1) is 6.04 Å². The van der Waals surface area contributed by atoms with Crippen molar-refractivity contribution in [3.05, 3.63) is 71.3 Å². The van der Waals surface area contributed by atoms with Crippen LogP contribution in [0.5, 0.6) is 0 Å². The van der Waals surface area contributed by atoms with Crippen molar-refractivity contribution >= 4 is 17.5 Å². The van der Waals surface area contributed by atoms with Gasteiger partial charge in [0.1, 0.15) is 0 Å². The molecule has 2 heterocycles. The van der Waals surface area contributed by atoms with E-state index in [9.17, 15) is 0 Å². The summed E-state index contributed by atoms with van der Waals surface area (Å²) in [6, 6.07) is 18.4. The standard InChI is InChI=1S/C20H21NS/c1-3-21-18(15-10-8-14(2)9-11-15)12-16-13-22-19-7-5-4-6-17(19)20(16)21/h4-12,16,20H,3,13H2,1-2H3. The van der Waals surface area contributed by atoms with Crippen molar-refractivity contribution in [1.82, 2.24) is 4.90 Å². The third kappa shape index (κ3) is 2.17. The average Bonchev–Trinajstić information content (AvgIpc) is 2.94. The molecular formula is C20H21NS. The maximum Gasteiger partial charge on any atom is 0.0624 e. The molecule has 0 bridgehead atoms. The quantitative estimate of drug-likeness (QED) is 0.756. The lowest BCUT2D eigenvalue weighted by Crippen LogP contribution is -2.29. The molecule has 0 saturated heterocycles. The summed E-state index contributed by atoms with van der Waals surface area (Å²) in [6.07, 6.45) is 2.50. The molecule has 2 atom stereocenters. The van der Waals surface area contributed by atoms with Gasteiger partial charge in [-0.15, -0.1) is 11.8 Å². The number of nitrogens with zero attached hydrogens (tertiary/aromatic N) is 1. The SMILES string of the molecule is CCN1C(c2ccc(C)cc2)=CC2CSc3ccccc3C21. The predicted octanol–water partition coefficient (Wildman–Crippen LogP) is 5.13. The molecule has 0 N–H and O–H groups in total. The van der Waals surface area contributed by atoms with Crippen LogP contribution < -0.4 is 0 Å². The molecule has 2 aliphatic heterocycles. The van der Waals surface area contributed by atoms with Crippen molar-refractivity contribution < 1.29 is 0 Å². The second kappa shape index (κ2) is 5.51. The lowest BCUT2D eigenvalue weighted by molar-refractivity contribution is 0.287. The first-order valence-electron chi connectivity index (χ1n) is 8.05. The lowest BCUT2D eigenvalue weighted by Gasteiger charge is -2.36. The molecule has 2 aliphatic rings. The number of hydrogen-bond acceptors (Lipinski definition) is 2. The highest BCUT2D eigenvalue weighted by atomic mass is 32.2. The zero-order chi connectivity index (χ0) is 15.1. The summed E-state index contributed by atoms with van der Waals surface area (Å²) < 4.78 is 0. The lowest BCUT2D eigenvalue weighted by atomic mass is 9.95. The van der Waals surface area contributed by atoms with Gasteiger partial charge in [-0.1, -0.05) is 54.1 Å². The van der Waals surface area contributed by atoms with E-state index in [1.54, 1.807) is 0 Å². The fourth-order valence-corrected chi connectivity index (χ4v) is 4.88. The molecule has 0 aliphatic carbocycles. The second-order valence-electron chi connectivity index (χ2n) is 6.16. The van der Waals surface area contributed by atoms with Gasteiger partial charge < -0.3 is 4.90 Å². The van der Waals surface area contributed by atoms with Crippen LogP contribution in [0, 0.1) is 12.8 Å². The number of rotatable bonds is 2. The predicted molar refractivity (Wildman–Crippen MR) is 94.9 cm³/mol. The van der Waals surface area contributed by atoms with Gasteiger partial charge in [-0.25, -0.2) is 0 Å². The van der Waals surface area contributed by atoms with E-state index < -0.39 is 0 Å². The van der Waals surface area contributed by atoms with Crippen LogP contribution in [-0.4, -0.2) is 17.2 Å². The van der Waals surface area contributed by atoms with Crippen LogP contribution in [-0.2, 0) is 0 Å². The molecule has 1 nitrogen and oxygen atoms in total. The van der Waals surface area contributed by atoms with Crippen molar-refractivity contribution in [2.75, 3.05) is 12.3 Å². The monoisotopic (exact) mass is 307 g/mol. The summed E-state index contributed by atoms with van der Waals surface area (Å²) in [5.74, 6) is 1.81. The van der Waals surface area contributed by atoms with E-state index >= 15 is 0 Å². The molecule has 2 unspecified atom stereocenters. The van der Waals surface area contributed by atoms with E-state index in [1.165, 1.54) is 33.0 Å². The number of benzene rings is 2. The Balaban J connectivity index is 1.76. The largest absolute Gasteiger partial charge is 0.364 e. The van der Waals surface area contributed by atoms with Crippen LogP contribution in [0.3, 0.4) is 0 Å². The zero-order valence-electron chi connectivity index (χ0n) is 13.1. The topological polar surface area (TPSA) is 3.24 Å². The number of aryl methyl sites for hydroxylation is 1. The Hall–Kier alpha value is -1.67. The third-order valence-corrected chi connectivity index (χ3v) is 6.01.